The first-order valence-electron chi connectivity index (χ1n) is 24.5. The number of rotatable bonds is 24. The van der Waals surface area contributed by atoms with Gasteiger partial charge in [0.05, 0.1) is 45.4 Å². The molecule has 0 spiro atoms. The largest absolute Gasteiger partial charge is 0.412 e. The Bertz CT molecular complexity index is 1840. The van der Waals surface area contributed by atoms with E-state index in [4.69, 9.17) is 38.3 Å². The summed E-state index contributed by atoms with van der Waals surface area (Å²) < 4.78 is 116. The van der Waals surface area contributed by atoms with Gasteiger partial charge in [-0.2, -0.15) is 0 Å². The second-order valence-corrected chi connectivity index (χ2v) is 51.7. The van der Waals surface area contributed by atoms with Crippen LogP contribution in [-0.2, 0) is 57.8 Å². The van der Waals surface area contributed by atoms with Gasteiger partial charge in [0.15, 0.2) is 33.3 Å². The molecule has 24 heteroatoms. The van der Waals surface area contributed by atoms with Crippen molar-refractivity contribution in [3.05, 3.63) is 50.6 Å². The zero-order chi connectivity index (χ0) is 59.1. The monoisotopic (exact) mass is 1170 g/mol. The Morgan fingerprint density at radius 2 is 0.458 bits per heavy atom. The van der Waals surface area contributed by atoms with Crippen molar-refractivity contribution in [3.8, 4) is 0 Å². The summed E-state index contributed by atoms with van der Waals surface area (Å²) in [5, 5.41) is 18.1. The molecule has 0 rings (SSSR count). The fourth-order valence-electron chi connectivity index (χ4n) is 5.07. The minimum Gasteiger partial charge on any atom is -0.412 e. The van der Waals surface area contributed by atoms with Gasteiger partial charge in [0.1, 0.15) is 0 Å². The fourth-order valence-corrected chi connectivity index (χ4v) is 13.5. The number of hydrogen-bond donors (Lipinski definition) is 4. The van der Waals surface area contributed by atoms with E-state index in [-0.39, 0.29) is 20.2 Å². The summed E-state index contributed by atoms with van der Waals surface area (Å²) in [5.41, 5.74) is 0. The van der Waals surface area contributed by atoms with Gasteiger partial charge in [-0.25, -0.2) is 54.2 Å². The molecule has 16 nitrogen and oxygen atoms in total. The van der Waals surface area contributed by atoms with Gasteiger partial charge < -0.3 is 17.7 Å². The van der Waals surface area contributed by atoms with Gasteiger partial charge >= 0.3 is 0 Å². The van der Waals surface area contributed by atoms with E-state index in [9.17, 15) is 33.7 Å². The maximum Gasteiger partial charge on any atom is 0.214 e. The van der Waals surface area contributed by atoms with Crippen LogP contribution < -0.4 is 20.6 Å². The van der Waals surface area contributed by atoms with E-state index >= 15 is 0 Å². The van der Waals surface area contributed by atoms with Crippen molar-refractivity contribution in [2.75, 3.05) is 0 Å². The zero-order valence-electron chi connectivity index (χ0n) is 49.4. The lowest BCUT2D eigenvalue weighted by Crippen LogP contribution is -2.48. The van der Waals surface area contributed by atoms with Gasteiger partial charge in [0.25, 0.3) is 0 Å². The maximum absolute atomic E-state index is 11.5. The molecule has 0 radical (unpaired) electrons. The molecule has 0 saturated heterocycles. The van der Waals surface area contributed by atoms with Crippen LogP contribution in [0.25, 0.3) is 0 Å². The van der Waals surface area contributed by atoms with Crippen LogP contribution >= 0.6 is 0 Å². The molecule has 0 heterocycles. The summed E-state index contributed by atoms with van der Waals surface area (Å²) >= 11 is 0. The Morgan fingerprint density at radius 3 is 0.528 bits per heavy atom. The molecular formula is C48H108N4O12S4Si4. The molecule has 8 atom stereocenters. The highest BCUT2D eigenvalue weighted by Crippen LogP contribution is 2.41. The molecule has 432 valence electrons. The SMILES string of the molecule is C=CC[C@@H](O[Si](C)(C)C(C)(C)C)[C@@H](C)S(N)(=O)=O.C=CC[C@@H](O[Si](C)(C)C(C)(C)C)[C@H](C)S(N)(=O)=O.C=CC[C@H](O[Si](C)(C)C(C)(C)C)[C@@H](C)S(N)(=O)=O.C=CC[C@H](O[Si](C)(C)C(C)(C)C)[C@H](C)S(N)(=O)=O. The molecule has 0 aromatic rings. The van der Waals surface area contributed by atoms with Gasteiger partial charge in [-0.05, 0) is 126 Å². The molecule has 0 amide bonds. The van der Waals surface area contributed by atoms with Crippen molar-refractivity contribution >= 4 is 73.4 Å². The van der Waals surface area contributed by atoms with Gasteiger partial charge in [-0.1, -0.05) is 107 Å². The summed E-state index contributed by atoms with van der Waals surface area (Å²) in [6.45, 7) is 63.2. The van der Waals surface area contributed by atoms with E-state index in [1.54, 1.807) is 52.0 Å². The van der Waals surface area contributed by atoms with Gasteiger partial charge in [0, 0.05) is 0 Å². The first-order valence-corrected chi connectivity index (χ1v) is 42.6. The molecular weight excluding hydrogens is 1070 g/mol. The molecule has 0 saturated carbocycles. The van der Waals surface area contributed by atoms with Crippen molar-refractivity contribution in [3.63, 3.8) is 0 Å². The molecule has 0 aromatic heterocycles. The number of nitrogens with two attached hydrogens (primary N) is 4. The third kappa shape index (κ3) is 28.1. The predicted octanol–water partition coefficient (Wildman–Crippen LogP) is 10.5. The Morgan fingerprint density at radius 1 is 0.347 bits per heavy atom. The number of primary sulfonamides is 4. The van der Waals surface area contributed by atoms with Crippen LogP contribution in [0.4, 0.5) is 0 Å². The Hall–Kier alpha value is -0.692. The Kier molecular flexibility index (Phi) is 31.7. The van der Waals surface area contributed by atoms with E-state index in [0.717, 1.165) is 0 Å². The zero-order valence-corrected chi connectivity index (χ0v) is 56.7. The summed E-state index contributed by atoms with van der Waals surface area (Å²) in [7, 11) is -22.4. The minimum absolute atomic E-state index is 0.0322. The average molecular weight is 1170 g/mol. The predicted molar refractivity (Wildman–Crippen MR) is 318 cm³/mol. The van der Waals surface area contributed by atoms with E-state index < -0.39 is 119 Å². The topological polar surface area (TPSA) is 278 Å². The van der Waals surface area contributed by atoms with Crippen molar-refractivity contribution < 1.29 is 51.4 Å². The van der Waals surface area contributed by atoms with Crippen molar-refractivity contribution in [1.82, 2.24) is 0 Å². The van der Waals surface area contributed by atoms with Crippen LogP contribution in [0.15, 0.2) is 50.6 Å². The van der Waals surface area contributed by atoms with Crippen LogP contribution in [0.3, 0.4) is 0 Å². The molecule has 0 bridgehead atoms. The molecule has 0 unspecified atom stereocenters. The first-order chi connectivity index (χ1) is 31.3. The number of hydrogen-bond acceptors (Lipinski definition) is 12. The molecule has 0 aromatic carbocycles. The van der Waals surface area contributed by atoms with Gasteiger partial charge in [-0.15, -0.1) is 26.3 Å². The quantitative estimate of drug-likeness (QED) is 0.0519. The molecule has 72 heavy (non-hydrogen) atoms. The summed E-state index contributed by atoms with van der Waals surface area (Å²) in [4.78, 5) is 0. The standard InChI is InChI=1S/4C12H27NO3SSi/c4*1-8-9-11(10(2)17(13,14)15)16-18(6,7)12(3,4)5/h4*8,10-11H,1,9H2,2-7H3,(H2,13,14,15)/t2*10-,11+;2*10-,11-/m1010/s1. The van der Waals surface area contributed by atoms with E-state index in [0.29, 0.717) is 25.7 Å². The molecule has 0 fully saturated rings. The van der Waals surface area contributed by atoms with Crippen LogP contribution in [0.2, 0.25) is 72.5 Å². The second kappa shape index (κ2) is 29.3. The summed E-state index contributed by atoms with van der Waals surface area (Å²) in [6, 6.07) is 0. The van der Waals surface area contributed by atoms with Crippen molar-refractivity contribution in [2.45, 2.75) is 254 Å². The minimum atomic E-state index is -3.59. The van der Waals surface area contributed by atoms with E-state index in [1.165, 1.54) is 0 Å². The smallest absolute Gasteiger partial charge is 0.214 e. The third-order valence-corrected chi connectivity index (χ3v) is 38.1. The Labute approximate surface area is 447 Å². The lowest BCUT2D eigenvalue weighted by molar-refractivity contribution is 0.181. The van der Waals surface area contributed by atoms with Crippen LogP contribution in [-0.4, -0.2) is 112 Å². The van der Waals surface area contributed by atoms with E-state index in [2.05, 4.69) is 162 Å². The highest BCUT2D eigenvalue weighted by Gasteiger charge is 2.45. The highest BCUT2D eigenvalue weighted by atomic mass is 32.2. The molecule has 0 aliphatic carbocycles. The molecule has 0 aliphatic rings. The molecule has 8 N–H and O–H groups in total. The van der Waals surface area contributed by atoms with Crippen molar-refractivity contribution in [2.24, 2.45) is 20.6 Å². The summed E-state index contributed by atoms with van der Waals surface area (Å²) in [5.74, 6) is 0. The third-order valence-electron chi connectivity index (χ3n) is 14.8. The Balaban J connectivity index is -0.000000428. The number of sulfonamides is 4. The van der Waals surface area contributed by atoms with Gasteiger partial charge in [-0.3, -0.25) is 0 Å². The van der Waals surface area contributed by atoms with Gasteiger partial charge in [0.2, 0.25) is 40.1 Å². The average Bonchev–Trinajstić information content (AvgIpc) is 3.13. The fraction of sp³-hybridized carbons (Fsp3) is 0.833. The van der Waals surface area contributed by atoms with Crippen LogP contribution in [0, 0.1) is 0 Å². The normalized spacial score (nSPS) is 17.3. The van der Waals surface area contributed by atoms with E-state index in [1.807, 2.05) is 0 Å². The second-order valence-electron chi connectivity index (χ2n) is 24.9. The maximum atomic E-state index is 11.5. The molecule has 0 aliphatic heterocycles. The summed E-state index contributed by atoms with van der Waals surface area (Å²) in [6.07, 6.45) is 7.01. The first kappa shape index (κ1) is 77.8. The lowest BCUT2D eigenvalue weighted by atomic mass is 10.2. The van der Waals surface area contributed by atoms with Crippen LogP contribution in [0.1, 0.15) is 136 Å². The lowest BCUT2D eigenvalue weighted by Gasteiger charge is -2.40. The van der Waals surface area contributed by atoms with Crippen LogP contribution in [0.5, 0.6) is 0 Å². The highest BCUT2D eigenvalue weighted by molar-refractivity contribution is 7.90. The van der Waals surface area contributed by atoms with Crippen molar-refractivity contribution in [1.29, 1.82) is 0 Å².